The number of anilines is 1. The summed E-state index contributed by atoms with van der Waals surface area (Å²) in [7, 11) is 0. The first-order valence-electron chi connectivity index (χ1n) is 5.56. The fourth-order valence-electron chi connectivity index (χ4n) is 1.94. The molecular weight excluding hydrogens is 313 g/mol. The van der Waals surface area contributed by atoms with Crippen LogP contribution in [0.1, 0.15) is 0 Å². The Bertz CT molecular complexity index is 704. The van der Waals surface area contributed by atoms with Crippen LogP contribution in [-0.4, -0.2) is 26.8 Å². The van der Waals surface area contributed by atoms with Crippen molar-refractivity contribution in [1.82, 2.24) is 14.8 Å². The number of nitrogens with zero attached hydrogens (tertiary/aromatic N) is 3. The van der Waals surface area contributed by atoms with Gasteiger partial charge in [-0.15, -0.1) is 0 Å². The minimum absolute atomic E-state index is 0.0486. The smallest absolute Gasteiger partial charge is 0.447 e. The molecule has 1 aliphatic rings. The van der Waals surface area contributed by atoms with Gasteiger partial charge in [0.05, 0.1) is 5.69 Å². The monoisotopic (exact) mass is 318 g/mol. The number of alkyl halides is 3. The molecule has 0 unspecified atom stereocenters. The number of aromatic nitrogens is 3. The molecule has 1 aromatic heterocycles. The molecule has 6 nitrogen and oxygen atoms in total. The quantitative estimate of drug-likeness (QED) is 0.875. The molecule has 0 bridgehead atoms. The number of ether oxygens (including phenoxy) is 1. The Kier molecular flexibility index (Phi) is 2.84. The maximum absolute atomic E-state index is 13.5. The van der Waals surface area contributed by atoms with E-state index in [-0.39, 0.29) is 16.5 Å². The largest absolute Gasteiger partial charge is 0.461 e. The standard InChI is InChI=1S/C11H6ClF3N4O2/c12-6-1-2-8-7(3-6)18-9(20)10(21-8,11(13,14)15)19-5-16-4-17-19/h1-5H,(H,18,20)/t10-/m0/s1. The van der Waals surface area contributed by atoms with Crippen LogP contribution in [0.3, 0.4) is 0 Å². The highest BCUT2D eigenvalue weighted by Crippen LogP contribution is 2.45. The molecule has 0 saturated carbocycles. The van der Waals surface area contributed by atoms with Gasteiger partial charge in [0.1, 0.15) is 18.4 Å². The van der Waals surface area contributed by atoms with E-state index in [9.17, 15) is 18.0 Å². The van der Waals surface area contributed by atoms with Gasteiger partial charge in [0, 0.05) is 5.02 Å². The van der Waals surface area contributed by atoms with E-state index in [0.29, 0.717) is 4.68 Å². The van der Waals surface area contributed by atoms with Crippen molar-refractivity contribution in [2.24, 2.45) is 0 Å². The number of halogens is 4. The van der Waals surface area contributed by atoms with Crippen molar-refractivity contribution < 1.29 is 22.7 Å². The Morgan fingerprint density at radius 3 is 2.76 bits per heavy atom. The number of carbonyl (C=O) groups is 1. The van der Waals surface area contributed by atoms with Gasteiger partial charge < -0.3 is 10.1 Å². The SMILES string of the molecule is O=C1Nc2cc(Cl)ccc2O[C@]1(n1cncn1)C(F)(F)F. The number of hydrogen-bond donors (Lipinski definition) is 1. The maximum Gasteiger partial charge on any atom is 0.461 e. The van der Waals surface area contributed by atoms with Gasteiger partial charge >= 0.3 is 17.8 Å². The Morgan fingerprint density at radius 2 is 2.14 bits per heavy atom. The number of amides is 1. The van der Waals surface area contributed by atoms with Crippen molar-refractivity contribution in [1.29, 1.82) is 0 Å². The lowest BCUT2D eigenvalue weighted by atomic mass is 10.1. The van der Waals surface area contributed by atoms with Crippen LogP contribution in [0.15, 0.2) is 30.9 Å². The first kappa shape index (κ1) is 13.7. The summed E-state index contributed by atoms with van der Waals surface area (Å²) < 4.78 is 45.7. The van der Waals surface area contributed by atoms with Gasteiger partial charge in [-0.1, -0.05) is 11.6 Å². The summed E-state index contributed by atoms with van der Waals surface area (Å²) >= 11 is 5.73. The van der Waals surface area contributed by atoms with Crippen molar-refractivity contribution in [3.8, 4) is 5.75 Å². The zero-order valence-corrected chi connectivity index (χ0v) is 10.8. The molecule has 1 amide bonds. The average Bonchev–Trinajstić information content (AvgIpc) is 2.90. The Hall–Kier alpha value is -2.29. The van der Waals surface area contributed by atoms with Crippen molar-refractivity contribution >= 4 is 23.2 Å². The highest BCUT2D eigenvalue weighted by atomic mass is 35.5. The summed E-state index contributed by atoms with van der Waals surface area (Å²) in [5.74, 6) is -1.61. The van der Waals surface area contributed by atoms with E-state index in [2.05, 4.69) is 15.4 Å². The van der Waals surface area contributed by atoms with E-state index in [1.807, 2.05) is 0 Å². The number of nitrogens with one attached hydrogen (secondary N) is 1. The predicted octanol–water partition coefficient (Wildman–Crippen LogP) is 2.18. The molecule has 10 heteroatoms. The zero-order chi connectivity index (χ0) is 15.3. The third-order valence-electron chi connectivity index (χ3n) is 2.88. The molecule has 0 radical (unpaired) electrons. The molecule has 21 heavy (non-hydrogen) atoms. The molecule has 1 aromatic carbocycles. The molecule has 1 aliphatic heterocycles. The first-order chi connectivity index (χ1) is 9.84. The number of benzene rings is 1. The zero-order valence-electron chi connectivity index (χ0n) is 10.1. The van der Waals surface area contributed by atoms with Crippen LogP contribution in [0, 0.1) is 0 Å². The lowest BCUT2D eigenvalue weighted by Gasteiger charge is -2.37. The number of hydrogen-bond acceptors (Lipinski definition) is 4. The second kappa shape index (κ2) is 4.35. The minimum Gasteiger partial charge on any atom is -0.447 e. The van der Waals surface area contributed by atoms with Gasteiger partial charge in [-0.3, -0.25) is 4.79 Å². The molecule has 110 valence electrons. The molecule has 3 rings (SSSR count). The van der Waals surface area contributed by atoms with Crippen LogP contribution in [-0.2, 0) is 10.5 Å². The first-order valence-corrected chi connectivity index (χ1v) is 5.94. The topological polar surface area (TPSA) is 69.0 Å². The van der Waals surface area contributed by atoms with Gasteiger partial charge in [-0.05, 0) is 18.2 Å². The molecule has 0 fully saturated rings. The fraction of sp³-hybridized carbons (Fsp3) is 0.182. The lowest BCUT2D eigenvalue weighted by Crippen LogP contribution is -2.62. The van der Waals surface area contributed by atoms with Crippen LogP contribution < -0.4 is 10.1 Å². The normalized spacial score (nSPS) is 21.4. The van der Waals surface area contributed by atoms with Gasteiger partial charge in [-0.2, -0.15) is 23.0 Å². The second-order valence-electron chi connectivity index (χ2n) is 4.18. The van der Waals surface area contributed by atoms with E-state index >= 15 is 0 Å². The summed E-state index contributed by atoms with van der Waals surface area (Å²) in [6.07, 6.45) is -3.42. The summed E-state index contributed by atoms with van der Waals surface area (Å²) in [6, 6.07) is 3.87. The molecular formula is C11H6ClF3N4O2. The number of carbonyl (C=O) groups excluding carboxylic acids is 1. The van der Waals surface area contributed by atoms with Crippen LogP contribution in [0.2, 0.25) is 5.02 Å². The van der Waals surface area contributed by atoms with E-state index in [1.54, 1.807) is 0 Å². The van der Waals surface area contributed by atoms with E-state index in [0.717, 1.165) is 12.7 Å². The maximum atomic E-state index is 13.5. The molecule has 0 spiro atoms. The Balaban J connectivity index is 2.19. The average molecular weight is 319 g/mol. The highest BCUT2D eigenvalue weighted by Gasteiger charge is 2.67. The van der Waals surface area contributed by atoms with Gasteiger partial charge in [-0.25, -0.2) is 4.98 Å². The fourth-order valence-corrected chi connectivity index (χ4v) is 2.11. The van der Waals surface area contributed by atoms with E-state index in [1.165, 1.54) is 18.2 Å². The predicted molar refractivity (Wildman–Crippen MR) is 64.8 cm³/mol. The van der Waals surface area contributed by atoms with E-state index in [4.69, 9.17) is 16.3 Å². The van der Waals surface area contributed by atoms with Crippen LogP contribution in [0.5, 0.6) is 5.75 Å². The summed E-state index contributed by atoms with van der Waals surface area (Å²) in [4.78, 5) is 15.5. The number of rotatable bonds is 1. The van der Waals surface area contributed by atoms with Crippen molar-refractivity contribution in [3.05, 3.63) is 35.9 Å². The summed E-state index contributed by atoms with van der Waals surface area (Å²) in [6.45, 7) is 0. The summed E-state index contributed by atoms with van der Waals surface area (Å²) in [5.41, 5.74) is -3.27. The Morgan fingerprint density at radius 1 is 1.38 bits per heavy atom. The molecule has 0 saturated heterocycles. The number of fused-ring (bicyclic) bond motifs is 1. The van der Waals surface area contributed by atoms with E-state index < -0.39 is 17.8 Å². The highest BCUT2D eigenvalue weighted by molar-refractivity contribution is 6.31. The van der Waals surface area contributed by atoms with Crippen molar-refractivity contribution in [3.63, 3.8) is 0 Å². The third-order valence-corrected chi connectivity index (χ3v) is 3.12. The van der Waals surface area contributed by atoms with Gasteiger partial charge in [0.25, 0.3) is 0 Å². The van der Waals surface area contributed by atoms with Crippen molar-refractivity contribution in [2.45, 2.75) is 11.9 Å². The summed E-state index contributed by atoms with van der Waals surface area (Å²) in [5, 5.41) is 5.77. The molecule has 0 aliphatic carbocycles. The Labute approximate surface area is 120 Å². The van der Waals surface area contributed by atoms with Crippen LogP contribution >= 0.6 is 11.6 Å². The second-order valence-corrected chi connectivity index (χ2v) is 4.61. The molecule has 1 N–H and O–H groups in total. The molecule has 1 atom stereocenters. The minimum atomic E-state index is -5.05. The molecule has 2 aromatic rings. The lowest BCUT2D eigenvalue weighted by molar-refractivity contribution is -0.275. The van der Waals surface area contributed by atoms with Gasteiger partial charge in [0.2, 0.25) is 0 Å². The van der Waals surface area contributed by atoms with Crippen LogP contribution in [0.25, 0.3) is 0 Å². The van der Waals surface area contributed by atoms with Crippen LogP contribution in [0.4, 0.5) is 18.9 Å². The molecule has 2 heterocycles. The van der Waals surface area contributed by atoms with Crippen molar-refractivity contribution in [2.75, 3.05) is 5.32 Å². The third kappa shape index (κ3) is 1.92. The van der Waals surface area contributed by atoms with Gasteiger partial charge in [0.15, 0.2) is 0 Å².